The van der Waals surface area contributed by atoms with E-state index >= 15 is 0 Å². The summed E-state index contributed by atoms with van der Waals surface area (Å²) in [4.78, 5) is 40.0. The highest BCUT2D eigenvalue weighted by Crippen LogP contribution is 2.50. The number of carbonyl (C=O) groups excluding carboxylic acids is 3. The van der Waals surface area contributed by atoms with Crippen molar-refractivity contribution in [1.29, 1.82) is 0 Å². The first-order valence-electron chi connectivity index (χ1n) is 9.98. The number of halogens is 1. The van der Waals surface area contributed by atoms with Crippen LogP contribution in [0.3, 0.4) is 0 Å². The number of primary amides is 1. The number of fused-ring (bicyclic) bond motifs is 3. The Hall–Kier alpha value is -3.18. The number of hydrogen-bond donors (Lipinski definition) is 6. The van der Waals surface area contributed by atoms with Gasteiger partial charge in [0.15, 0.2) is 11.4 Å². The van der Waals surface area contributed by atoms with Gasteiger partial charge in [0.25, 0.3) is 5.91 Å². The normalized spacial score (nSPS) is 24.2. The van der Waals surface area contributed by atoms with E-state index in [9.17, 15) is 34.8 Å². The number of carbonyl (C=O) groups is 3. The number of aromatic hydroxyl groups is 2. The zero-order chi connectivity index (χ0) is 24.6. The summed E-state index contributed by atoms with van der Waals surface area (Å²) < 4.78 is 0. The van der Waals surface area contributed by atoms with Crippen LogP contribution >= 0.6 is 11.6 Å². The van der Waals surface area contributed by atoms with Crippen molar-refractivity contribution in [2.45, 2.75) is 32.0 Å². The fourth-order valence-corrected chi connectivity index (χ4v) is 5.30. The molecule has 0 saturated carbocycles. The SMILES string of the molecule is C.CN(C)[C@@H]1C(=O)C(C(N)=O)=C(O)[C@@]2(O)C(=O)c3c(cc4c(Cl)cc(CN)c(O)c4c3O)C[C@@H]12. The first kappa shape index (κ1) is 25.4. The van der Waals surface area contributed by atoms with Crippen molar-refractivity contribution in [3.05, 3.63) is 45.2 Å². The molecule has 0 aliphatic heterocycles. The number of Topliss-reactive ketones (excluding diaryl/α,β-unsaturated/α-hetero) is 2. The molecule has 34 heavy (non-hydrogen) atoms. The fourth-order valence-electron chi connectivity index (χ4n) is 5.02. The zero-order valence-electron chi connectivity index (χ0n) is 17.7. The number of amides is 1. The van der Waals surface area contributed by atoms with Gasteiger partial charge in [-0.25, -0.2) is 0 Å². The van der Waals surface area contributed by atoms with E-state index < -0.39 is 52.1 Å². The van der Waals surface area contributed by atoms with Gasteiger partial charge < -0.3 is 31.9 Å². The molecular formula is C23H26ClN3O7. The highest BCUT2D eigenvalue weighted by Gasteiger charge is 2.62. The Labute approximate surface area is 200 Å². The number of aliphatic hydroxyl groups is 2. The van der Waals surface area contributed by atoms with Crippen LogP contribution in [0, 0.1) is 5.92 Å². The molecule has 0 unspecified atom stereocenters. The molecule has 2 aliphatic carbocycles. The average Bonchev–Trinajstić information content (AvgIpc) is 2.72. The van der Waals surface area contributed by atoms with Crippen molar-refractivity contribution in [2.75, 3.05) is 14.1 Å². The highest BCUT2D eigenvalue weighted by molar-refractivity contribution is 6.36. The van der Waals surface area contributed by atoms with Gasteiger partial charge in [-0.1, -0.05) is 19.0 Å². The van der Waals surface area contributed by atoms with Crippen molar-refractivity contribution in [3.8, 4) is 11.5 Å². The molecule has 3 atom stereocenters. The molecule has 2 aromatic rings. The van der Waals surface area contributed by atoms with Crippen LogP contribution in [0.25, 0.3) is 10.8 Å². The second kappa shape index (κ2) is 8.24. The third kappa shape index (κ3) is 3.10. The number of phenols is 2. The summed E-state index contributed by atoms with van der Waals surface area (Å²) >= 11 is 6.33. The highest BCUT2D eigenvalue weighted by atomic mass is 35.5. The van der Waals surface area contributed by atoms with E-state index in [4.69, 9.17) is 23.1 Å². The maximum Gasteiger partial charge on any atom is 0.255 e. The second-order valence-electron chi connectivity index (χ2n) is 8.52. The van der Waals surface area contributed by atoms with Gasteiger partial charge in [0.05, 0.1) is 17.0 Å². The quantitative estimate of drug-likeness (QED) is 0.339. The van der Waals surface area contributed by atoms with Gasteiger partial charge in [-0.15, -0.1) is 0 Å². The third-order valence-corrected chi connectivity index (χ3v) is 6.86. The van der Waals surface area contributed by atoms with Gasteiger partial charge >= 0.3 is 0 Å². The van der Waals surface area contributed by atoms with Crippen molar-refractivity contribution >= 4 is 39.8 Å². The number of phenolic OH excluding ortho intramolecular Hbond substituents is 2. The number of likely N-dealkylation sites (N-methyl/N-ethyl adjacent to an activating group) is 1. The van der Waals surface area contributed by atoms with Gasteiger partial charge in [0.1, 0.15) is 22.8 Å². The summed E-state index contributed by atoms with van der Waals surface area (Å²) in [6, 6.07) is 1.74. The lowest BCUT2D eigenvalue weighted by atomic mass is 9.62. The largest absolute Gasteiger partial charge is 0.508 e. The summed E-state index contributed by atoms with van der Waals surface area (Å²) in [6.07, 6.45) is -0.137. The van der Waals surface area contributed by atoms with Gasteiger partial charge in [-0.3, -0.25) is 19.3 Å². The summed E-state index contributed by atoms with van der Waals surface area (Å²) in [5.74, 6) is -6.68. The minimum absolute atomic E-state index is 0. The van der Waals surface area contributed by atoms with Crippen LogP contribution in [-0.2, 0) is 22.6 Å². The lowest BCUT2D eigenvalue weighted by Crippen LogP contribution is -2.64. The Balaban J connectivity index is 0.00000324. The minimum Gasteiger partial charge on any atom is -0.508 e. The number of nitrogens with zero attached hydrogens (tertiary/aromatic N) is 1. The van der Waals surface area contributed by atoms with Crippen LogP contribution in [0.4, 0.5) is 0 Å². The lowest BCUT2D eigenvalue weighted by molar-refractivity contribution is -0.132. The Kier molecular flexibility index (Phi) is 6.17. The molecule has 182 valence electrons. The maximum absolute atomic E-state index is 13.6. The molecule has 4 rings (SSSR count). The van der Waals surface area contributed by atoms with E-state index in [1.165, 1.54) is 31.1 Å². The Morgan fingerprint density at radius 1 is 1.21 bits per heavy atom. The Morgan fingerprint density at radius 3 is 2.35 bits per heavy atom. The molecule has 0 aromatic heterocycles. The molecule has 0 fully saturated rings. The summed E-state index contributed by atoms with van der Waals surface area (Å²) in [7, 11) is 3.04. The average molecular weight is 492 g/mol. The van der Waals surface area contributed by atoms with Crippen molar-refractivity contribution in [1.82, 2.24) is 4.90 Å². The first-order chi connectivity index (χ1) is 15.4. The monoisotopic (exact) mass is 491 g/mol. The van der Waals surface area contributed by atoms with E-state index in [-0.39, 0.29) is 58.6 Å². The predicted molar refractivity (Wildman–Crippen MR) is 125 cm³/mol. The Bertz CT molecular complexity index is 1300. The van der Waals surface area contributed by atoms with Gasteiger partial charge in [0, 0.05) is 28.4 Å². The van der Waals surface area contributed by atoms with Crippen molar-refractivity contribution in [2.24, 2.45) is 17.4 Å². The number of nitrogens with two attached hydrogens (primary N) is 2. The topological polar surface area (TPSA) is 187 Å². The van der Waals surface area contributed by atoms with Crippen molar-refractivity contribution in [3.63, 3.8) is 0 Å². The van der Waals surface area contributed by atoms with E-state index in [1.54, 1.807) is 0 Å². The molecule has 11 heteroatoms. The van der Waals surface area contributed by atoms with Gasteiger partial charge in [0.2, 0.25) is 5.78 Å². The molecule has 10 nitrogen and oxygen atoms in total. The van der Waals surface area contributed by atoms with Crippen LogP contribution in [0.1, 0.15) is 28.9 Å². The van der Waals surface area contributed by atoms with Crippen LogP contribution in [0.5, 0.6) is 11.5 Å². The van der Waals surface area contributed by atoms with Gasteiger partial charge in [-0.2, -0.15) is 0 Å². The predicted octanol–water partition coefficient (Wildman–Crippen LogP) is 0.896. The van der Waals surface area contributed by atoms with E-state index in [0.29, 0.717) is 0 Å². The number of rotatable bonds is 3. The molecule has 0 saturated heterocycles. The molecule has 0 spiro atoms. The van der Waals surface area contributed by atoms with Crippen LogP contribution in [0.2, 0.25) is 5.02 Å². The van der Waals surface area contributed by atoms with E-state index in [2.05, 4.69) is 0 Å². The minimum atomic E-state index is -2.71. The molecule has 0 radical (unpaired) electrons. The molecule has 1 amide bonds. The molecule has 2 aromatic carbocycles. The van der Waals surface area contributed by atoms with E-state index in [0.717, 1.165) is 0 Å². The molecule has 0 bridgehead atoms. The molecular weight excluding hydrogens is 466 g/mol. The smallest absolute Gasteiger partial charge is 0.255 e. The number of aliphatic hydroxyl groups excluding tert-OH is 1. The number of hydrogen-bond acceptors (Lipinski definition) is 9. The summed E-state index contributed by atoms with van der Waals surface area (Å²) in [5, 5.41) is 44.1. The van der Waals surface area contributed by atoms with Crippen molar-refractivity contribution < 1.29 is 34.8 Å². The lowest BCUT2D eigenvalue weighted by Gasteiger charge is -2.47. The number of ketones is 2. The summed E-state index contributed by atoms with van der Waals surface area (Å²) in [5.41, 5.74) is 7.41. The standard InChI is InChI=1S/C22H22ClN3O7.CH4/c1-26(2)15-10-4-7-3-9-11(23)5-8(6-24)16(27)13(9)17(28)12(7)19(30)22(10,33)20(31)14(18(15)29)21(25)32;/h3,5,10,15,27-28,31,33H,4,6,24H2,1-2H3,(H2,25,32);1H4/t10-,15-,22-;/m0./s1. The zero-order valence-corrected chi connectivity index (χ0v) is 18.5. The molecule has 2 aliphatic rings. The van der Waals surface area contributed by atoms with Crippen LogP contribution in [0.15, 0.2) is 23.5 Å². The summed E-state index contributed by atoms with van der Waals surface area (Å²) in [6.45, 7) is -0.101. The fraction of sp³-hybridized carbons (Fsp3) is 0.348. The first-order valence-corrected chi connectivity index (χ1v) is 10.4. The third-order valence-electron chi connectivity index (χ3n) is 6.55. The van der Waals surface area contributed by atoms with Gasteiger partial charge in [-0.05, 0) is 38.2 Å². The second-order valence-corrected chi connectivity index (χ2v) is 8.93. The molecule has 8 N–H and O–H groups in total. The Morgan fingerprint density at radius 2 is 1.82 bits per heavy atom. The van der Waals surface area contributed by atoms with E-state index in [1.807, 2.05) is 0 Å². The number of benzene rings is 2. The maximum atomic E-state index is 13.6. The van der Waals surface area contributed by atoms with Crippen LogP contribution in [-0.4, -0.2) is 68.5 Å². The van der Waals surface area contributed by atoms with Crippen LogP contribution < -0.4 is 11.5 Å². The molecule has 0 heterocycles.